The van der Waals surface area contributed by atoms with Gasteiger partial charge < -0.3 is 10.6 Å². The number of amides is 2. The van der Waals surface area contributed by atoms with Gasteiger partial charge in [-0.15, -0.1) is 0 Å². The fraction of sp³-hybridized carbons (Fsp3) is 0.263. The van der Waals surface area contributed by atoms with Crippen LogP contribution in [0.15, 0.2) is 54.6 Å². The van der Waals surface area contributed by atoms with Gasteiger partial charge in [0.2, 0.25) is 5.91 Å². The van der Waals surface area contributed by atoms with E-state index in [1.165, 1.54) is 0 Å². The first-order valence-electron chi connectivity index (χ1n) is 8.08. The fourth-order valence-electron chi connectivity index (χ4n) is 2.40. The molecule has 0 radical (unpaired) electrons. The molecule has 0 aliphatic carbocycles. The Morgan fingerprint density at radius 3 is 2.19 bits per heavy atom. The minimum absolute atomic E-state index is 0.409. The second kappa shape index (κ2) is 9.03. The largest absolute Gasteiger partial charge is 0.405 e. The molecule has 7 heteroatoms. The maximum absolute atomic E-state index is 12.3. The molecule has 0 aromatic heterocycles. The molecule has 138 valence electrons. The molecule has 0 aliphatic rings. The molecule has 0 aliphatic heterocycles. The van der Waals surface area contributed by atoms with Crippen molar-refractivity contribution in [3.8, 4) is 0 Å². The van der Waals surface area contributed by atoms with E-state index in [1.807, 2.05) is 42.5 Å². The van der Waals surface area contributed by atoms with Crippen LogP contribution in [0.5, 0.6) is 0 Å². The van der Waals surface area contributed by atoms with Gasteiger partial charge >= 0.3 is 6.18 Å². The first kappa shape index (κ1) is 19.5. The van der Waals surface area contributed by atoms with E-state index in [9.17, 15) is 22.8 Å². The van der Waals surface area contributed by atoms with Crippen molar-refractivity contribution in [2.45, 2.75) is 19.0 Å². The predicted molar refractivity (Wildman–Crippen MR) is 91.7 cm³/mol. The van der Waals surface area contributed by atoms with Crippen LogP contribution in [-0.2, 0) is 17.6 Å². The van der Waals surface area contributed by atoms with Crippen LogP contribution in [0, 0.1) is 0 Å². The van der Waals surface area contributed by atoms with Crippen molar-refractivity contribution in [3.63, 3.8) is 0 Å². The summed E-state index contributed by atoms with van der Waals surface area (Å²) >= 11 is 0. The van der Waals surface area contributed by atoms with Crippen LogP contribution >= 0.6 is 0 Å². The standard InChI is InChI=1S/C19H19F3N2O2/c20-19(21,22)13-24-17(25)12-23-18(26)16-9-5-4-8-15(16)11-10-14-6-2-1-3-7-14/h1-9H,10-13H2,(H,23,26)(H,24,25). The summed E-state index contributed by atoms with van der Waals surface area (Å²) < 4.78 is 36.2. The van der Waals surface area contributed by atoms with Crippen LogP contribution in [0.25, 0.3) is 0 Å². The molecule has 2 aromatic carbocycles. The summed E-state index contributed by atoms with van der Waals surface area (Å²) in [5.41, 5.74) is 2.35. The zero-order valence-electron chi connectivity index (χ0n) is 14.0. The molecule has 0 fully saturated rings. The van der Waals surface area contributed by atoms with Crippen LogP contribution in [0.3, 0.4) is 0 Å². The lowest BCUT2D eigenvalue weighted by atomic mass is 9.99. The van der Waals surface area contributed by atoms with E-state index >= 15 is 0 Å². The first-order chi connectivity index (χ1) is 12.3. The van der Waals surface area contributed by atoms with E-state index in [1.54, 1.807) is 17.4 Å². The van der Waals surface area contributed by atoms with Gasteiger partial charge in [-0.3, -0.25) is 9.59 Å². The quantitative estimate of drug-likeness (QED) is 0.794. The van der Waals surface area contributed by atoms with E-state index in [4.69, 9.17) is 0 Å². The third-order valence-corrected chi connectivity index (χ3v) is 3.68. The summed E-state index contributed by atoms with van der Waals surface area (Å²) in [5.74, 6) is -1.38. The number of rotatable bonds is 7. The number of benzene rings is 2. The Morgan fingerprint density at radius 1 is 0.846 bits per heavy atom. The summed E-state index contributed by atoms with van der Waals surface area (Å²) in [4.78, 5) is 23.7. The molecule has 0 saturated carbocycles. The number of halogens is 3. The first-order valence-corrected chi connectivity index (χ1v) is 8.08. The highest BCUT2D eigenvalue weighted by Crippen LogP contribution is 2.13. The Labute approximate surface area is 149 Å². The predicted octanol–water partition coefficient (Wildman–Crippen LogP) is 2.88. The Bertz CT molecular complexity index is 746. The number of hydrogen-bond donors (Lipinski definition) is 2. The molecule has 0 bridgehead atoms. The summed E-state index contributed by atoms with van der Waals surface area (Å²) in [5, 5.41) is 4.07. The molecule has 2 aromatic rings. The number of aryl methyl sites for hydroxylation is 2. The minimum atomic E-state index is -4.48. The van der Waals surface area contributed by atoms with Crippen LogP contribution in [0.4, 0.5) is 13.2 Å². The molecule has 2 rings (SSSR count). The second-order valence-electron chi connectivity index (χ2n) is 5.72. The number of carbonyl (C=O) groups excluding carboxylic acids is 2. The van der Waals surface area contributed by atoms with E-state index in [-0.39, 0.29) is 0 Å². The third kappa shape index (κ3) is 6.58. The smallest absolute Gasteiger partial charge is 0.345 e. The lowest BCUT2D eigenvalue weighted by Gasteiger charge is -2.11. The van der Waals surface area contributed by atoms with Crippen LogP contribution in [-0.4, -0.2) is 31.1 Å². The van der Waals surface area contributed by atoms with Crippen molar-refractivity contribution >= 4 is 11.8 Å². The van der Waals surface area contributed by atoms with E-state index in [0.29, 0.717) is 12.0 Å². The van der Waals surface area contributed by atoms with Gasteiger partial charge in [0.1, 0.15) is 6.54 Å². The molecule has 0 heterocycles. The molecular weight excluding hydrogens is 345 g/mol. The lowest BCUT2D eigenvalue weighted by Crippen LogP contribution is -2.41. The summed E-state index contributed by atoms with van der Waals surface area (Å²) in [6.45, 7) is -1.93. The van der Waals surface area contributed by atoms with Gasteiger partial charge in [0.15, 0.2) is 0 Å². The van der Waals surface area contributed by atoms with Crippen molar-refractivity contribution in [3.05, 3.63) is 71.3 Å². The molecule has 26 heavy (non-hydrogen) atoms. The summed E-state index contributed by atoms with van der Waals surface area (Å²) in [6, 6.07) is 16.7. The third-order valence-electron chi connectivity index (χ3n) is 3.68. The summed E-state index contributed by atoms with van der Waals surface area (Å²) in [7, 11) is 0. The average Bonchev–Trinajstić information content (AvgIpc) is 2.63. The number of hydrogen-bond acceptors (Lipinski definition) is 2. The number of carbonyl (C=O) groups is 2. The van der Waals surface area contributed by atoms with Crippen molar-refractivity contribution in [1.29, 1.82) is 0 Å². The van der Waals surface area contributed by atoms with Crippen LogP contribution < -0.4 is 10.6 Å². The molecule has 0 spiro atoms. The second-order valence-corrected chi connectivity index (χ2v) is 5.72. The van der Waals surface area contributed by atoms with Crippen LogP contribution in [0.1, 0.15) is 21.5 Å². The Hall–Kier alpha value is -2.83. The molecule has 0 unspecified atom stereocenters. The lowest BCUT2D eigenvalue weighted by molar-refractivity contribution is -0.137. The summed E-state index contributed by atoms with van der Waals surface area (Å²) in [6.07, 6.45) is -3.10. The van der Waals surface area contributed by atoms with Crippen molar-refractivity contribution in [2.24, 2.45) is 0 Å². The monoisotopic (exact) mass is 364 g/mol. The topological polar surface area (TPSA) is 58.2 Å². The fourth-order valence-corrected chi connectivity index (χ4v) is 2.40. The molecule has 2 amide bonds. The van der Waals surface area contributed by atoms with E-state index < -0.39 is 31.1 Å². The average molecular weight is 364 g/mol. The molecule has 0 atom stereocenters. The normalized spacial score (nSPS) is 11.0. The van der Waals surface area contributed by atoms with E-state index in [2.05, 4.69) is 5.32 Å². The van der Waals surface area contributed by atoms with Crippen LogP contribution in [0.2, 0.25) is 0 Å². The van der Waals surface area contributed by atoms with Gasteiger partial charge in [0.25, 0.3) is 5.91 Å². The number of alkyl halides is 3. The maximum atomic E-state index is 12.3. The molecule has 2 N–H and O–H groups in total. The van der Waals surface area contributed by atoms with Crippen molar-refractivity contribution in [1.82, 2.24) is 10.6 Å². The highest BCUT2D eigenvalue weighted by atomic mass is 19.4. The minimum Gasteiger partial charge on any atom is -0.345 e. The number of nitrogens with one attached hydrogen (secondary N) is 2. The van der Waals surface area contributed by atoms with Gasteiger partial charge in [0, 0.05) is 5.56 Å². The Kier molecular flexibility index (Phi) is 6.77. The molecular formula is C19H19F3N2O2. The van der Waals surface area contributed by atoms with Gasteiger partial charge in [0.05, 0.1) is 6.54 Å². The Morgan fingerprint density at radius 2 is 1.50 bits per heavy atom. The highest BCUT2D eigenvalue weighted by Gasteiger charge is 2.27. The van der Waals surface area contributed by atoms with Gasteiger partial charge in [-0.05, 0) is 30.0 Å². The highest BCUT2D eigenvalue weighted by molar-refractivity contribution is 5.97. The van der Waals surface area contributed by atoms with Gasteiger partial charge in [-0.1, -0.05) is 48.5 Å². The van der Waals surface area contributed by atoms with Crippen molar-refractivity contribution < 1.29 is 22.8 Å². The van der Waals surface area contributed by atoms with Gasteiger partial charge in [-0.25, -0.2) is 0 Å². The zero-order chi connectivity index (χ0) is 19.0. The molecule has 4 nitrogen and oxygen atoms in total. The van der Waals surface area contributed by atoms with E-state index in [0.717, 1.165) is 17.5 Å². The SMILES string of the molecule is O=C(CNC(=O)c1ccccc1CCc1ccccc1)NCC(F)(F)F. The maximum Gasteiger partial charge on any atom is 0.405 e. The Balaban J connectivity index is 1.91. The van der Waals surface area contributed by atoms with Crippen molar-refractivity contribution in [2.75, 3.05) is 13.1 Å². The zero-order valence-corrected chi connectivity index (χ0v) is 14.0. The molecule has 0 saturated heterocycles. The van der Waals surface area contributed by atoms with Gasteiger partial charge in [-0.2, -0.15) is 13.2 Å².